The number of nitrogens with two attached hydrogens (primary N) is 2. The molecule has 136 valence electrons. The van der Waals surface area contributed by atoms with Crippen molar-refractivity contribution in [3.8, 4) is 0 Å². The van der Waals surface area contributed by atoms with Gasteiger partial charge in [-0.3, -0.25) is 0 Å². The highest BCUT2D eigenvalue weighted by Gasteiger charge is 2.72. The van der Waals surface area contributed by atoms with Crippen LogP contribution in [0.1, 0.15) is 22.3 Å². The summed E-state index contributed by atoms with van der Waals surface area (Å²) in [5.41, 5.74) is 5.51. The second-order valence-electron chi connectivity index (χ2n) is 5.89. The van der Waals surface area contributed by atoms with Gasteiger partial charge in [-0.2, -0.15) is 26.3 Å². The molecule has 0 bridgehead atoms. The largest absolute Gasteiger partial charge is 0.411 e. The number of halogens is 6. The highest BCUT2D eigenvalue weighted by Crippen LogP contribution is 2.56. The molecular weight excluding hydrogens is 346 g/mol. The molecule has 2 rings (SSSR count). The molecule has 8 heteroatoms. The lowest BCUT2D eigenvalue weighted by Crippen LogP contribution is -2.54. The van der Waals surface area contributed by atoms with Gasteiger partial charge in [0.1, 0.15) is 0 Å². The Kier molecular flexibility index (Phi) is 4.44. The van der Waals surface area contributed by atoms with Crippen molar-refractivity contribution in [1.29, 1.82) is 0 Å². The molecule has 0 spiro atoms. The summed E-state index contributed by atoms with van der Waals surface area (Å²) in [6, 6.07) is 5.25. The van der Waals surface area contributed by atoms with Crippen LogP contribution in [0, 0.1) is 13.8 Å². The number of hydrogen-bond acceptors (Lipinski definition) is 2. The SMILES string of the molecule is Cc1cc(C(c2ccc(N)c(C)c2)(C(F)(F)F)C(F)(F)F)ccc1N. The first-order valence-electron chi connectivity index (χ1n) is 7.19. The van der Waals surface area contributed by atoms with E-state index >= 15 is 0 Å². The lowest BCUT2D eigenvalue weighted by atomic mass is 9.72. The summed E-state index contributed by atoms with van der Waals surface area (Å²) in [6.45, 7) is 2.70. The van der Waals surface area contributed by atoms with Gasteiger partial charge in [0.2, 0.25) is 5.41 Å². The highest BCUT2D eigenvalue weighted by atomic mass is 19.4. The van der Waals surface area contributed by atoms with Crippen molar-refractivity contribution < 1.29 is 26.3 Å². The first-order chi connectivity index (χ1) is 11.3. The van der Waals surface area contributed by atoms with E-state index in [2.05, 4.69) is 0 Å². The zero-order chi connectivity index (χ0) is 19.2. The Hall–Kier alpha value is -2.38. The van der Waals surface area contributed by atoms with Gasteiger partial charge >= 0.3 is 12.4 Å². The summed E-state index contributed by atoms with van der Waals surface area (Å²) >= 11 is 0. The molecule has 0 aromatic heterocycles. The van der Waals surface area contributed by atoms with E-state index < -0.39 is 28.9 Å². The molecule has 0 aliphatic rings. The van der Waals surface area contributed by atoms with Crippen LogP contribution < -0.4 is 11.5 Å². The Morgan fingerprint density at radius 2 is 0.960 bits per heavy atom. The number of aryl methyl sites for hydroxylation is 2. The minimum Gasteiger partial charge on any atom is -0.399 e. The number of rotatable bonds is 2. The average Bonchev–Trinajstić information content (AvgIpc) is 2.44. The number of nitrogen functional groups attached to an aromatic ring is 2. The van der Waals surface area contributed by atoms with Gasteiger partial charge in [-0.1, -0.05) is 24.3 Å². The third-order valence-corrected chi connectivity index (χ3v) is 4.26. The molecule has 0 heterocycles. The van der Waals surface area contributed by atoms with Gasteiger partial charge in [0, 0.05) is 11.4 Å². The van der Waals surface area contributed by atoms with Crippen molar-refractivity contribution in [1.82, 2.24) is 0 Å². The van der Waals surface area contributed by atoms with Crippen LogP contribution in [0.2, 0.25) is 0 Å². The van der Waals surface area contributed by atoms with Crippen molar-refractivity contribution in [2.75, 3.05) is 11.5 Å². The Bertz CT molecular complexity index is 725. The summed E-state index contributed by atoms with van der Waals surface area (Å²) in [7, 11) is 0. The minimum absolute atomic E-state index is 0.107. The smallest absolute Gasteiger partial charge is 0.399 e. The lowest BCUT2D eigenvalue weighted by molar-refractivity contribution is -0.288. The second kappa shape index (κ2) is 5.86. The molecule has 0 atom stereocenters. The molecule has 4 N–H and O–H groups in total. The quantitative estimate of drug-likeness (QED) is 0.591. The van der Waals surface area contributed by atoms with E-state index in [1.807, 2.05) is 0 Å². The average molecular weight is 362 g/mol. The van der Waals surface area contributed by atoms with E-state index in [4.69, 9.17) is 11.5 Å². The number of alkyl halides is 6. The monoisotopic (exact) mass is 362 g/mol. The molecular formula is C17H16F6N2. The van der Waals surface area contributed by atoms with Gasteiger partial charge in [-0.25, -0.2) is 0 Å². The third kappa shape index (κ3) is 2.89. The zero-order valence-corrected chi connectivity index (χ0v) is 13.4. The van der Waals surface area contributed by atoms with Gasteiger partial charge in [0.25, 0.3) is 0 Å². The zero-order valence-electron chi connectivity index (χ0n) is 13.4. The second-order valence-corrected chi connectivity index (χ2v) is 5.89. The van der Waals surface area contributed by atoms with E-state index in [-0.39, 0.29) is 22.5 Å². The normalized spacial score (nSPS) is 13.1. The molecule has 0 radical (unpaired) electrons. The van der Waals surface area contributed by atoms with Gasteiger partial charge in [-0.15, -0.1) is 0 Å². The summed E-state index contributed by atoms with van der Waals surface area (Å²) in [5.74, 6) is 0. The van der Waals surface area contributed by atoms with Crippen LogP contribution in [-0.4, -0.2) is 12.4 Å². The molecule has 2 aromatic carbocycles. The van der Waals surface area contributed by atoms with Crippen LogP contribution in [0.4, 0.5) is 37.7 Å². The first-order valence-corrected chi connectivity index (χ1v) is 7.19. The van der Waals surface area contributed by atoms with Crippen LogP contribution in [0.15, 0.2) is 36.4 Å². The maximum absolute atomic E-state index is 13.9. The topological polar surface area (TPSA) is 52.0 Å². The fraction of sp³-hybridized carbons (Fsp3) is 0.294. The third-order valence-electron chi connectivity index (χ3n) is 4.26. The Labute approximate surface area is 140 Å². The van der Waals surface area contributed by atoms with Gasteiger partial charge in [-0.05, 0) is 48.2 Å². The van der Waals surface area contributed by atoms with Crippen molar-refractivity contribution in [2.24, 2.45) is 0 Å². The van der Waals surface area contributed by atoms with Crippen molar-refractivity contribution >= 4 is 11.4 Å². The molecule has 2 nitrogen and oxygen atoms in total. The number of anilines is 2. The molecule has 0 amide bonds. The van der Waals surface area contributed by atoms with E-state index in [1.54, 1.807) is 0 Å². The molecule has 0 unspecified atom stereocenters. The molecule has 0 aliphatic carbocycles. The van der Waals surface area contributed by atoms with Gasteiger partial charge in [0.15, 0.2) is 0 Å². The standard InChI is InChI=1S/C17H16F6N2/c1-9-7-11(3-5-13(9)24)15(16(18,19)20,17(21,22)23)12-4-6-14(25)10(2)8-12/h3-8H,24-25H2,1-2H3. The molecule has 0 aliphatic heterocycles. The van der Waals surface area contributed by atoms with Crippen LogP contribution in [0.25, 0.3) is 0 Å². The van der Waals surface area contributed by atoms with E-state index in [0.29, 0.717) is 0 Å². The van der Waals surface area contributed by atoms with E-state index in [0.717, 1.165) is 36.4 Å². The molecule has 0 fully saturated rings. The summed E-state index contributed by atoms with van der Waals surface area (Å²) < 4.78 is 83.5. The summed E-state index contributed by atoms with van der Waals surface area (Å²) in [4.78, 5) is 0. The van der Waals surface area contributed by atoms with Gasteiger partial charge in [0.05, 0.1) is 0 Å². The molecule has 0 saturated carbocycles. The first kappa shape index (κ1) is 19.0. The van der Waals surface area contributed by atoms with Gasteiger partial charge < -0.3 is 11.5 Å². The number of benzene rings is 2. The highest BCUT2D eigenvalue weighted by molar-refractivity contribution is 5.56. The summed E-state index contributed by atoms with van der Waals surface area (Å²) in [6.07, 6.45) is -11.3. The fourth-order valence-corrected chi connectivity index (χ4v) is 2.80. The van der Waals surface area contributed by atoms with Crippen LogP contribution in [0.3, 0.4) is 0 Å². The molecule has 2 aromatic rings. The van der Waals surface area contributed by atoms with Crippen molar-refractivity contribution in [3.05, 3.63) is 58.7 Å². The predicted octanol–water partition coefficient (Wildman–Crippen LogP) is 4.88. The van der Waals surface area contributed by atoms with E-state index in [9.17, 15) is 26.3 Å². The maximum atomic E-state index is 13.9. The van der Waals surface area contributed by atoms with Crippen LogP contribution in [0.5, 0.6) is 0 Å². The van der Waals surface area contributed by atoms with Crippen LogP contribution >= 0.6 is 0 Å². The number of hydrogen-bond donors (Lipinski definition) is 2. The van der Waals surface area contributed by atoms with Crippen molar-refractivity contribution in [3.63, 3.8) is 0 Å². The Balaban J connectivity index is 2.96. The Morgan fingerprint density at radius 3 is 1.20 bits per heavy atom. The lowest BCUT2D eigenvalue weighted by Gasteiger charge is -2.38. The Morgan fingerprint density at radius 1 is 0.640 bits per heavy atom. The molecule has 0 saturated heterocycles. The summed E-state index contributed by atoms with van der Waals surface area (Å²) in [5, 5.41) is 0. The predicted molar refractivity (Wildman–Crippen MR) is 84.1 cm³/mol. The minimum atomic E-state index is -5.63. The van der Waals surface area contributed by atoms with E-state index in [1.165, 1.54) is 13.8 Å². The van der Waals surface area contributed by atoms with Crippen LogP contribution in [-0.2, 0) is 5.41 Å². The van der Waals surface area contributed by atoms with Crippen molar-refractivity contribution in [2.45, 2.75) is 31.6 Å². The maximum Gasteiger partial charge on any atom is 0.411 e. The molecule has 25 heavy (non-hydrogen) atoms. The fourth-order valence-electron chi connectivity index (χ4n) is 2.80.